The number of carbonyl (C=O) groups is 5. The quantitative estimate of drug-likeness (QED) is 0.171. The predicted octanol–water partition coefficient (Wildman–Crippen LogP) is -1.64. The molecule has 0 saturated carbocycles. The minimum Gasteiger partial charge on any atom is -0.481 e. The van der Waals surface area contributed by atoms with Crippen molar-refractivity contribution in [3.63, 3.8) is 0 Å². The summed E-state index contributed by atoms with van der Waals surface area (Å²) >= 11 is 0. The Balaban J connectivity index is 3.04. The molecule has 0 aliphatic heterocycles. The Morgan fingerprint density at radius 1 is 1.09 bits per heavy atom. The average molecular weight is 454 g/mol. The van der Waals surface area contributed by atoms with Crippen LogP contribution >= 0.6 is 0 Å². The number of aromatic nitrogens is 2. The molecule has 13 nitrogen and oxygen atoms in total. The highest BCUT2D eigenvalue weighted by Crippen LogP contribution is 2.10. The van der Waals surface area contributed by atoms with Gasteiger partial charge >= 0.3 is 11.9 Å². The smallest absolute Gasteiger partial charge is 0.326 e. The molecular formula is C19H30N6O7. The largest absolute Gasteiger partial charge is 0.481 e. The van der Waals surface area contributed by atoms with E-state index in [1.54, 1.807) is 6.92 Å². The van der Waals surface area contributed by atoms with Crippen LogP contribution in [0.4, 0.5) is 0 Å². The van der Waals surface area contributed by atoms with Crippen molar-refractivity contribution in [3.05, 3.63) is 18.2 Å². The van der Waals surface area contributed by atoms with Gasteiger partial charge in [0, 0.05) is 24.7 Å². The van der Waals surface area contributed by atoms with Gasteiger partial charge < -0.3 is 36.9 Å². The Morgan fingerprint density at radius 2 is 1.75 bits per heavy atom. The number of carboxylic acids is 2. The fourth-order valence-electron chi connectivity index (χ4n) is 2.82. The first kappa shape index (κ1) is 26.6. The van der Waals surface area contributed by atoms with Gasteiger partial charge in [0.15, 0.2) is 0 Å². The molecule has 0 radical (unpaired) electrons. The van der Waals surface area contributed by atoms with E-state index in [0.29, 0.717) is 12.1 Å². The van der Waals surface area contributed by atoms with E-state index in [4.69, 9.17) is 10.8 Å². The van der Waals surface area contributed by atoms with Gasteiger partial charge in [-0.05, 0) is 12.3 Å². The Kier molecular flexibility index (Phi) is 10.8. The zero-order valence-corrected chi connectivity index (χ0v) is 18.0. The van der Waals surface area contributed by atoms with Crippen molar-refractivity contribution in [2.24, 2.45) is 11.7 Å². The normalized spacial score (nSPS) is 14.5. The molecule has 13 heteroatoms. The summed E-state index contributed by atoms with van der Waals surface area (Å²) in [5.74, 6) is -4.89. The summed E-state index contributed by atoms with van der Waals surface area (Å²) < 4.78 is 0. The molecule has 4 unspecified atom stereocenters. The first-order chi connectivity index (χ1) is 15.1. The van der Waals surface area contributed by atoms with Crippen LogP contribution in [-0.2, 0) is 30.4 Å². The zero-order chi connectivity index (χ0) is 24.3. The molecule has 1 heterocycles. The van der Waals surface area contributed by atoms with Gasteiger partial charge in [0.05, 0.1) is 12.9 Å². The summed E-state index contributed by atoms with van der Waals surface area (Å²) in [6, 6.07) is -3.63. The third kappa shape index (κ3) is 8.71. The number of hydrogen-bond acceptors (Lipinski definition) is 7. The minimum atomic E-state index is -1.46. The van der Waals surface area contributed by atoms with Crippen molar-refractivity contribution < 1.29 is 34.2 Å². The van der Waals surface area contributed by atoms with Gasteiger partial charge in [-0.3, -0.25) is 19.2 Å². The number of nitrogens with two attached hydrogens (primary N) is 1. The maximum absolute atomic E-state index is 12.9. The molecule has 4 atom stereocenters. The third-order valence-electron chi connectivity index (χ3n) is 4.87. The molecule has 0 aliphatic rings. The number of H-pyrrole nitrogens is 1. The van der Waals surface area contributed by atoms with Crippen LogP contribution in [0.3, 0.4) is 0 Å². The molecule has 178 valence electrons. The summed E-state index contributed by atoms with van der Waals surface area (Å²) in [7, 11) is 0. The van der Waals surface area contributed by atoms with E-state index in [2.05, 4.69) is 25.9 Å². The fourth-order valence-corrected chi connectivity index (χ4v) is 2.82. The molecule has 0 fully saturated rings. The van der Waals surface area contributed by atoms with E-state index < -0.39 is 54.2 Å². The molecule has 0 aromatic carbocycles. The Hall–Kier alpha value is -3.48. The van der Waals surface area contributed by atoms with Gasteiger partial charge in [-0.25, -0.2) is 9.78 Å². The van der Waals surface area contributed by atoms with E-state index in [1.807, 2.05) is 6.92 Å². The molecule has 3 amide bonds. The predicted molar refractivity (Wildman–Crippen MR) is 111 cm³/mol. The van der Waals surface area contributed by atoms with Crippen molar-refractivity contribution >= 4 is 29.7 Å². The summed E-state index contributed by atoms with van der Waals surface area (Å²) in [5.41, 5.74) is 5.81. The third-order valence-corrected chi connectivity index (χ3v) is 4.87. The first-order valence-electron chi connectivity index (χ1n) is 10.1. The van der Waals surface area contributed by atoms with Gasteiger partial charge in [0.25, 0.3) is 0 Å². The van der Waals surface area contributed by atoms with E-state index in [1.165, 1.54) is 12.5 Å². The molecule has 1 aromatic heterocycles. The SMILES string of the molecule is CCC(C)C(NC(=O)CN)C(=O)NC(Cc1cnc[nH]1)C(=O)NC(CCC(=O)O)C(=O)O. The van der Waals surface area contributed by atoms with E-state index in [0.717, 1.165) is 0 Å². The Labute approximate surface area is 184 Å². The number of rotatable bonds is 14. The highest BCUT2D eigenvalue weighted by molar-refractivity contribution is 5.94. The average Bonchev–Trinajstić information content (AvgIpc) is 3.26. The van der Waals surface area contributed by atoms with Crippen LogP contribution in [0.15, 0.2) is 12.5 Å². The Bertz CT molecular complexity index is 798. The number of carboxylic acid groups (broad SMARTS) is 2. The van der Waals surface area contributed by atoms with Crippen molar-refractivity contribution in [2.75, 3.05) is 6.54 Å². The fraction of sp³-hybridized carbons (Fsp3) is 0.579. The maximum Gasteiger partial charge on any atom is 0.326 e. The number of nitrogens with zero attached hydrogens (tertiary/aromatic N) is 1. The van der Waals surface area contributed by atoms with E-state index in [-0.39, 0.29) is 25.3 Å². The van der Waals surface area contributed by atoms with Crippen LogP contribution < -0.4 is 21.7 Å². The molecule has 0 bridgehead atoms. The second-order valence-electron chi connectivity index (χ2n) is 7.31. The van der Waals surface area contributed by atoms with Crippen LogP contribution in [0.5, 0.6) is 0 Å². The molecular weight excluding hydrogens is 424 g/mol. The lowest BCUT2D eigenvalue weighted by atomic mass is 9.97. The monoisotopic (exact) mass is 454 g/mol. The Morgan fingerprint density at radius 3 is 2.25 bits per heavy atom. The summed E-state index contributed by atoms with van der Waals surface area (Å²) in [6.07, 6.45) is 2.53. The number of aliphatic carboxylic acids is 2. The van der Waals surface area contributed by atoms with Crippen molar-refractivity contribution in [1.82, 2.24) is 25.9 Å². The standard InChI is InChI=1S/C19H30N6O7/c1-3-10(2)16(25-14(26)7-20)18(30)24-13(6-11-8-21-9-22-11)17(29)23-12(19(31)32)4-5-15(27)28/h8-10,12-13,16H,3-7,20H2,1-2H3,(H,21,22)(H,23,29)(H,24,30)(H,25,26)(H,27,28)(H,31,32). The zero-order valence-electron chi connectivity index (χ0n) is 18.0. The number of nitrogens with one attached hydrogen (secondary N) is 4. The van der Waals surface area contributed by atoms with Crippen LogP contribution in [0.2, 0.25) is 0 Å². The summed E-state index contributed by atoms with van der Waals surface area (Å²) in [6.45, 7) is 3.26. The molecule has 1 rings (SSSR count). The lowest BCUT2D eigenvalue weighted by Gasteiger charge is -2.27. The highest BCUT2D eigenvalue weighted by Gasteiger charge is 2.32. The number of carbonyl (C=O) groups excluding carboxylic acids is 3. The van der Waals surface area contributed by atoms with Gasteiger partial charge in [0.1, 0.15) is 18.1 Å². The van der Waals surface area contributed by atoms with Crippen LogP contribution in [0.25, 0.3) is 0 Å². The topological polar surface area (TPSA) is 217 Å². The summed E-state index contributed by atoms with van der Waals surface area (Å²) in [4.78, 5) is 66.3. The van der Waals surface area contributed by atoms with Crippen LogP contribution in [-0.4, -0.2) is 74.5 Å². The number of hydrogen-bond donors (Lipinski definition) is 7. The highest BCUT2D eigenvalue weighted by atomic mass is 16.4. The van der Waals surface area contributed by atoms with Gasteiger partial charge in [-0.1, -0.05) is 20.3 Å². The molecule has 32 heavy (non-hydrogen) atoms. The second-order valence-corrected chi connectivity index (χ2v) is 7.31. The van der Waals surface area contributed by atoms with Crippen molar-refractivity contribution in [3.8, 4) is 0 Å². The minimum absolute atomic E-state index is 0.0408. The number of amides is 3. The van der Waals surface area contributed by atoms with E-state index >= 15 is 0 Å². The van der Waals surface area contributed by atoms with Crippen molar-refractivity contribution in [1.29, 1.82) is 0 Å². The van der Waals surface area contributed by atoms with Crippen LogP contribution in [0.1, 0.15) is 38.8 Å². The lowest BCUT2D eigenvalue weighted by Crippen LogP contribution is -2.58. The molecule has 8 N–H and O–H groups in total. The lowest BCUT2D eigenvalue weighted by molar-refractivity contribution is -0.143. The molecule has 1 aromatic rings. The van der Waals surface area contributed by atoms with Gasteiger partial charge in [0.2, 0.25) is 17.7 Å². The van der Waals surface area contributed by atoms with Crippen molar-refractivity contribution in [2.45, 2.75) is 57.7 Å². The molecule has 0 saturated heterocycles. The summed E-state index contributed by atoms with van der Waals surface area (Å²) in [5, 5.41) is 25.4. The van der Waals surface area contributed by atoms with Crippen LogP contribution in [0, 0.1) is 5.92 Å². The first-order valence-corrected chi connectivity index (χ1v) is 10.1. The van der Waals surface area contributed by atoms with Gasteiger partial charge in [-0.2, -0.15) is 0 Å². The number of imidazole rings is 1. The maximum atomic E-state index is 12.9. The van der Waals surface area contributed by atoms with Gasteiger partial charge in [-0.15, -0.1) is 0 Å². The second kappa shape index (κ2) is 13.0. The number of aromatic amines is 1. The molecule has 0 aliphatic carbocycles. The van der Waals surface area contributed by atoms with E-state index in [9.17, 15) is 29.1 Å². The molecule has 0 spiro atoms.